The van der Waals surface area contributed by atoms with E-state index in [4.69, 9.17) is 11.6 Å². The summed E-state index contributed by atoms with van der Waals surface area (Å²) in [6.07, 6.45) is 1.12. The molecule has 16 heavy (non-hydrogen) atoms. The number of benzene rings is 1. The van der Waals surface area contributed by atoms with E-state index in [-0.39, 0.29) is 5.41 Å². The summed E-state index contributed by atoms with van der Waals surface area (Å²) in [6, 6.07) is 4.62. The molecular formula is C14H20ClN. The fraction of sp³-hybridized carbons (Fsp3) is 0.571. The quantitative estimate of drug-likeness (QED) is 0.722. The molecule has 0 amide bonds. The van der Waals surface area contributed by atoms with Crippen LogP contribution < -0.4 is 5.32 Å². The molecule has 88 valence electrons. The number of halogens is 1. The van der Waals surface area contributed by atoms with Crippen LogP contribution >= 0.6 is 11.6 Å². The molecule has 1 aromatic carbocycles. The number of nitrogens with one attached hydrogen (secondary N) is 1. The van der Waals surface area contributed by atoms with Gasteiger partial charge in [0.05, 0.1) is 0 Å². The van der Waals surface area contributed by atoms with Gasteiger partial charge in [0.2, 0.25) is 0 Å². The Morgan fingerprint density at radius 2 is 2.00 bits per heavy atom. The van der Waals surface area contributed by atoms with Gasteiger partial charge < -0.3 is 5.32 Å². The molecule has 0 saturated carbocycles. The minimum absolute atomic E-state index is 0.228. The minimum Gasteiger partial charge on any atom is -0.309 e. The van der Waals surface area contributed by atoms with Crippen LogP contribution in [0, 0.1) is 12.3 Å². The van der Waals surface area contributed by atoms with Gasteiger partial charge in [-0.25, -0.2) is 0 Å². The van der Waals surface area contributed by atoms with Crippen molar-refractivity contribution in [2.45, 2.75) is 40.2 Å². The largest absolute Gasteiger partial charge is 0.309 e. The Balaban J connectivity index is 2.54. The lowest BCUT2D eigenvalue weighted by Crippen LogP contribution is -2.38. The second-order valence-corrected chi connectivity index (χ2v) is 6.23. The van der Waals surface area contributed by atoms with Crippen molar-refractivity contribution in [2.24, 2.45) is 5.41 Å². The van der Waals surface area contributed by atoms with Crippen LogP contribution in [0.3, 0.4) is 0 Å². The van der Waals surface area contributed by atoms with Crippen molar-refractivity contribution in [1.29, 1.82) is 0 Å². The molecule has 0 saturated heterocycles. The Bertz CT molecular complexity index is 404. The van der Waals surface area contributed by atoms with Gasteiger partial charge in [-0.2, -0.15) is 0 Å². The Labute approximate surface area is 103 Å². The molecule has 1 aromatic rings. The standard InChI is InChI=1S/C14H20ClN/c1-9-7-10(15)8-12-11(9)5-6-16-13(12)14(2,3)4/h7-8,13,16H,5-6H2,1-4H3. The maximum Gasteiger partial charge on any atom is 0.0412 e. The summed E-state index contributed by atoms with van der Waals surface area (Å²) in [5.74, 6) is 0. The molecular weight excluding hydrogens is 218 g/mol. The molecule has 1 nitrogen and oxygen atoms in total. The lowest BCUT2D eigenvalue weighted by Gasteiger charge is -2.37. The highest BCUT2D eigenvalue weighted by Gasteiger charge is 2.30. The average Bonchev–Trinajstić information content (AvgIpc) is 2.15. The van der Waals surface area contributed by atoms with E-state index >= 15 is 0 Å². The second-order valence-electron chi connectivity index (χ2n) is 5.79. The molecule has 1 N–H and O–H groups in total. The molecule has 1 unspecified atom stereocenters. The molecule has 1 heterocycles. The van der Waals surface area contributed by atoms with Crippen molar-refractivity contribution in [3.63, 3.8) is 0 Å². The molecule has 1 aliphatic heterocycles. The molecule has 0 aliphatic carbocycles. The number of hydrogen-bond donors (Lipinski definition) is 1. The molecule has 0 fully saturated rings. The first kappa shape index (κ1) is 11.9. The summed E-state index contributed by atoms with van der Waals surface area (Å²) < 4.78 is 0. The first-order valence-corrected chi connectivity index (χ1v) is 6.29. The lowest BCUT2D eigenvalue weighted by molar-refractivity contribution is 0.263. The van der Waals surface area contributed by atoms with E-state index in [1.54, 1.807) is 0 Å². The van der Waals surface area contributed by atoms with Gasteiger partial charge in [0, 0.05) is 11.1 Å². The Kier molecular flexibility index (Phi) is 3.02. The van der Waals surface area contributed by atoms with Crippen molar-refractivity contribution in [3.05, 3.63) is 33.8 Å². The summed E-state index contributed by atoms with van der Waals surface area (Å²) >= 11 is 6.17. The van der Waals surface area contributed by atoms with E-state index in [1.165, 1.54) is 16.7 Å². The summed E-state index contributed by atoms with van der Waals surface area (Å²) in [7, 11) is 0. The van der Waals surface area contributed by atoms with Gasteiger partial charge in [-0.1, -0.05) is 32.4 Å². The van der Waals surface area contributed by atoms with E-state index in [9.17, 15) is 0 Å². The zero-order chi connectivity index (χ0) is 11.9. The molecule has 0 spiro atoms. The molecule has 0 bridgehead atoms. The van der Waals surface area contributed by atoms with Crippen LogP contribution in [0.5, 0.6) is 0 Å². The normalized spacial score (nSPS) is 20.7. The number of rotatable bonds is 0. The SMILES string of the molecule is Cc1cc(Cl)cc2c1CCNC2C(C)(C)C. The molecule has 0 aromatic heterocycles. The highest BCUT2D eigenvalue weighted by atomic mass is 35.5. The predicted octanol–water partition coefficient (Wildman–Crippen LogP) is 3.88. The molecule has 1 aliphatic rings. The van der Waals surface area contributed by atoms with Gasteiger partial charge in [-0.05, 0) is 54.1 Å². The summed E-state index contributed by atoms with van der Waals surface area (Å²) in [4.78, 5) is 0. The number of fused-ring (bicyclic) bond motifs is 1. The van der Waals surface area contributed by atoms with E-state index in [1.807, 2.05) is 0 Å². The number of hydrogen-bond acceptors (Lipinski definition) is 1. The lowest BCUT2D eigenvalue weighted by atomic mass is 9.77. The fourth-order valence-corrected chi connectivity index (χ4v) is 2.90. The van der Waals surface area contributed by atoms with Crippen molar-refractivity contribution >= 4 is 11.6 Å². The Morgan fingerprint density at radius 3 is 2.62 bits per heavy atom. The first-order valence-electron chi connectivity index (χ1n) is 5.92. The van der Waals surface area contributed by atoms with E-state index in [2.05, 4.69) is 45.1 Å². The van der Waals surface area contributed by atoms with Crippen LogP contribution in [0.4, 0.5) is 0 Å². The van der Waals surface area contributed by atoms with Gasteiger partial charge in [0.25, 0.3) is 0 Å². The predicted molar refractivity (Wildman–Crippen MR) is 70.1 cm³/mol. The van der Waals surface area contributed by atoms with Gasteiger partial charge in [0.15, 0.2) is 0 Å². The van der Waals surface area contributed by atoms with Crippen LogP contribution in [0.2, 0.25) is 5.02 Å². The Morgan fingerprint density at radius 1 is 1.31 bits per heavy atom. The monoisotopic (exact) mass is 237 g/mol. The van der Waals surface area contributed by atoms with E-state index < -0.39 is 0 Å². The van der Waals surface area contributed by atoms with Gasteiger partial charge in [-0.3, -0.25) is 0 Å². The van der Waals surface area contributed by atoms with Gasteiger partial charge in [0.1, 0.15) is 0 Å². The molecule has 2 heteroatoms. The Hall–Kier alpha value is -0.530. The highest BCUT2D eigenvalue weighted by molar-refractivity contribution is 6.30. The number of aryl methyl sites for hydroxylation is 1. The third-order valence-electron chi connectivity index (χ3n) is 3.37. The van der Waals surface area contributed by atoms with Crippen LogP contribution in [-0.2, 0) is 6.42 Å². The van der Waals surface area contributed by atoms with E-state index in [0.29, 0.717) is 6.04 Å². The average molecular weight is 238 g/mol. The third-order valence-corrected chi connectivity index (χ3v) is 3.59. The smallest absolute Gasteiger partial charge is 0.0412 e. The van der Waals surface area contributed by atoms with Crippen molar-refractivity contribution in [1.82, 2.24) is 5.32 Å². The zero-order valence-electron chi connectivity index (χ0n) is 10.5. The zero-order valence-corrected chi connectivity index (χ0v) is 11.3. The maximum absolute atomic E-state index is 6.17. The second kappa shape index (κ2) is 4.05. The van der Waals surface area contributed by atoms with Crippen molar-refractivity contribution in [3.8, 4) is 0 Å². The van der Waals surface area contributed by atoms with Crippen LogP contribution in [0.25, 0.3) is 0 Å². The van der Waals surface area contributed by atoms with Crippen LogP contribution in [0.1, 0.15) is 43.5 Å². The molecule has 0 radical (unpaired) electrons. The maximum atomic E-state index is 6.17. The highest BCUT2D eigenvalue weighted by Crippen LogP contribution is 2.38. The topological polar surface area (TPSA) is 12.0 Å². The summed E-state index contributed by atoms with van der Waals surface area (Å²) in [5, 5.41) is 4.47. The fourth-order valence-electron chi connectivity index (χ4n) is 2.62. The molecule has 1 atom stereocenters. The summed E-state index contributed by atoms with van der Waals surface area (Å²) in [5.41, 5.74) is 4.44. The van der Waals surface area contributed by atoms with Crippen LogP contribution in [0.15, 0.2) is 12.1 Å². The third kappa shape index (κ3) is 2.11. The van der Waals surface area contributed by atoms with Crippen molar-refractivity contribution < 1.29 is 0 Å². The van der Waals surface area contributed by atoms with Gasteiger partial charge >= 0.3 is 0 Å². The van der Waals surface area contributed by atoms with Gasteiger partial charge in [-0.15, -0.1) is 0 Å². The van der Waals surface area contributed by atoms with Crippen molar-refractivity contribution in [2.75, 3.05) is 6.54 Å². The minimum atomic E-state index is 0.228. The van der Waals surface area contributed by atoms with E-state index in [0.717, 1.165) is 18.0 Å². The summed E-state index contributed by atoms with van der Waals surface area (Å²) in [6.45, 7) is 10.1. The first-order chi connectivity index (χ1) is 7.39. The molecule has 2 rings (SSSR count). The van der Waals surface area contributed by atoms with Crippen LogP contribution in [-0.4, -0.2) is 6.54 Å².